The number of ether oxygens (including phenoxy) is 3. The fraction of sp³-hybridized carbons (Fsp3) is 0.946. The Bertz CT molecular complexity index is 949. The van der Waals surface area contributed by atoms with E-state index in [1.54, 1.807) is 0 Å². The van der Waals surface area contributed by atoms with Gasteiger partial charge in [-0.25, -0.2) is 0 Å². The second-order valence-electron chi connectivity index (χ2n) is 19.9. The van der Waals surface area contributed by atoms with Gasteiger partial charge in [-0.3, -0.25) is 14.4 Å². The van der Waals surface area contributed by atoms with E-state index in [0.29, 0.717) is 19.3 Å². The summed E-state index contributed by atoms with van der Waals surface area (Å²) in [5, 5.41) is 0. The molecule has 0 amide bonds. The van der Waals surface area contributed by atoms with Crippen LogP contribution in [-0.2, 0) is 28.6 Å². The van der Waals surface area contributed by atoms with Crippen molar-refractivity contribution in [2.75, 3.05) is 13.2 Å². The average molecular weight is 877 g/mol. The maximum absolute atomic E-state index is 12.8. The zero-order chi connectivity index (χ0) is 45.4. The van der Waals surface area contributed by atoms with Crippen molar-refractivity contribution in [2.45, 2.75) is 317 Å². The molecule has 0 aliphatic carbocycles. The maximum Gasteiger partial charge on any atom is 0.306 e. The van der Waals surface area contributed by atoms with Crippen LogP contribution in [0.2, 0.25) is 0 Å². The highest BCUT2D eigenvalue weighted by atomic mass is 16.6. The first-order valence-corrected chi connectivity index (χ1v) is 27.8. The van der Waals surface area contributed by atoms with Crippen LogP contribution >= 0.6 is 0 Å². The molecular weight excluding hydrogens is 769 g/mol. The van der Waals surface area contributed by atoms with E-state index in [2.05, 4.69) is 34.6 Å². The number of rotatable bonds is 50. The molecule has 0 heterocycles. The highest BCUT2D eigenvalue weighted by Gasteiger charge is 2.19. The summed E-state index contributed by atoms with van der Waals surface area (Å²) in [5.41, 5.74) is 0. The van der Waals surface area contributed by atoms with E-state index in [-0.39, 0.29) is 31.1 Å². The van der Waals surface area contributed by atoms with Crippen LogP contribution in [0.1, 0.15) is 311 Å². The summed E-state index contributed by atoms with van der Waals surface area (Å²) in [4.78, 5) is 38.0. The van der Waals surface area contributed by atoms with E-state index in [1.807, 2.05) is 0 Å². The molecule has 2 atom stereocenters. The summed E-state index contributed by atoms with van der Waals surface area (Å²) >= 11 is 0. The summed E-state index contributed by atoms with van der Waals surface area (Å²) < 4.78 is 16.8. The predicted octanol–water partition coefficient (Wildman–Crippen LogP) is 18.1. The third kappa shape index (κ3) is 47.9. The second-order valence-corrected chi connectivity index (χ2v) is 19.9. The molecule has 0 aromatic carbocycles. The van der Waals surface area contributed by atoms with Gasteiger partial charge in [0.1, 0.15) is 13.2 Å². The van der Waals surface area contributed by atoms with Gasteiger partial charge in [0.25, 0.3) is 0 Å². The first-order chi connectivity index (χ1) is 30.3. The van der Waals surface area contributed by atoms with Gasteiger partial charge in [0.05, 0.1) is 0 Å². The fourth-order valence-electron chi connectivity index (χ4n) is 8.49. The predicted molar refractivity (Wildman–Crippen MR) is 266 cm³/mol. The van der Waals surface area contributed by atoms with Gasteiger partial charge in [-0.05, 0) is 31.1 Å². The highest BCUT2D eigenvalue weighted by Crippen LogP contribution is 2.18. The van der Waals surface area contributed by atoms with Gasteiger partial charge in [0.2, 0.25) is 0 Å². The van der Waals surface area contributed by atoms with Crippen LogP contribution in [0.4, 0.5) is 0 Å². The van der Waals surface area contributed by atoms with Crippen molar-refractivity contribution in [3.63, 3.8) is 0 Å². The lowest BCUT2D eigenvalue weighted by Gasteiger charge is -2.18. The molecule has 0 N–H and O–H groups in total. The lowest BCUT2D eigenvalue weighted by atomic mass is 9.99. The molecule has 6 nitrogen and oxygen atoms in total. The second kappa shape index (κ2) is 48.9. The molecule has 0 radical (unpaired) electrons. The minimum atomic E-state index is -0.762. The molecule has 0 aliphatic heterocycles. The molecule has 0 aromatic heterocycles. The largest absolute Gasteiger partial charge is 0.462 e. The van der Waals surface area contributed by atoms with Crippen molar-refractivity contribution in [1.82, 2.24) is 0 Å². The Morgan fingerprint density at radius 2 is 0.613 bits per heavy atom. The molecule has 0 bridgehead atoms. The Hall–Kier alpha value is -1.59. The third-order valence-electron chi connectivity index (χ3n) is 13.1. The topological polar surface area (TPSA) is 78.9 Å². The fourth-order valence-corrected chi connectivity index (χ4v) is 8.49. The summed E-state index contributed by atoms with van der Waals surface area (Å²) in [7, 11) is 0. The molecule has 0 aliphatic rings. The van der Waals surface area contributed by atoms with Crippen molar-refractivity contribution in [3.05, 3.63) is 0 Å². The van der Waals surface area contributed by atoms with E-state index in [0.717, 1.165) is 69.6 Å². The van der Waals surface area contributed by atoms with E-state index < -0.39 is 6.10 Å². The van der Waals surface area contributed by atoms with Crippen LogP contribution in [0.3, 0.4) is 0 Å². The number of hydrogen-bond acceptors (Lipinski definition) is 6. The highest BCUT2D eigenvalue weighted by molar-refractivity contribution is 5.71. The van der Waals surface area contributed by atoms with Crippen molar-refractivity contribution < 1.29 is 28.6 Å². The molecule has 0 fully saturated rings. The Morgan fingerprint density at radius 1 is 0.339 bits per heavy atom. The van der Waals surface area contributed by atoms with Gasteiger partial charge in [-0.15, -0.1) is 0 Å². The summed E-state index contributed by atoms with van der Waals surface area (Å²) in [6.07, 6.45) is 50.9. The van der Waals surface area contributed by atoms with E-state index in [4.69, 9.17) is 14.2 Å². The van der Waals surface area contributed by atoms with E-state index in [1.165, 1.54) is 199 Å². The van der Waals surface area contributed by atoms with E-state index >= 15 is 0 Å². The molecule has 368 valence electrons. The lowest BCUT2D eigenvalue weighted by Crippen LogP contribution is -2.30. The van der Waals surface area contributed by atoms with Crippen LogP contribution in [0.5, 0.6) is 0 Å². The molecule has 1 unspecified atom stereocenters. The molecule has 0 saturated heterocycles. The van der Waals surface area contributed by atoms with Crippen molar-refractivity contribution >= 4 is 17.9 Å². The molecule has 0 saturated carbocycles. The van der Waals surface area contributed by atoms with Crippen LogP contribution in [0.25, 0.3) is 0 Å². The third-order valence-corrected chi connectivity index (χ3v) is 13.1. The first kappa shape index (κ1) is 60.4. The molecule has 0 spiro atoms. The number of carbonyl (C=O) groups is 3. The van der Waals surface area contributed by atoms with Gasteiger partial charge in [-0.1, -0.05) is 272 Å². The van der Waals surface area contributed by atoms with E-state index in [9.17, 15) is 14.4 Å². The molecule has 0 rings (SSSR count). The average Bonchev–Trinajstić information content (AvgIpc) is 3.26. The van der Waals surface area contributed by atoms with Crippen LogP contribution in [0.15, 0.2) is 0 Å². The molecule has 0 aromatic rings. The maximum atomic E-state index is 12.8. The smallest absolute Gasteiger partial charge is 0.306 e. The van der Waals surface area contributed by atoms with Gasteiger partial charge in [0, 0.05) is 19.3 Å². The quantitative estimate of drug-likeness (QED) is 0.0344. The number of carbonyl (C=O) groups excluding carboxylic acids is 3. The Kier molecular flexibility index (Phi) is 47.6. The molecular formula is C56H108O6. The Labute approximate surface area is 387 Å². The SMILES string of the molecule is CCCCCCCCCCCCCCCCCC(=O)O[C@@H](COC(=O)CCCCCCCCCCCCCCCCC(C)CC)COC(=O)CCCCCCCCCCC(C)C. The summed E-state index contributed by atoms with van der Waals surface area (Å²) in [6, 6.07) is 0. The normalized spacial score (nSPS) is 12.5. The number of unbranched alkanes of at least 4 members (excludes halogenated alkanes) is 34. The standard InChI is InChI=1S/C56H108O6/c1-6-8-9-10-11-12-13-14-15-20-23-26-33-38-43-48-56(59)62-53(50-61-55(58)47-42-37-32-28-27-29-34-39-44-51(3)4)49-60-54(57)46-41-36-31-25-22-19-17-16-18-21-24-30-35-40-45-52(5)7-2/h51-53H,6-50H2,1-5H3/t52?,53-/m0/s1. The van der Waals surface area contributed by atoms with Gasteiger partial charge in [0.15, 0.2) is 6.10 Å². The first-order valence-electron chi connectivity index (χ1n) is 27.8. The van der Waals surface area contributed by atoms with Crippen LogP contribution < -0.4 is 0 Å². The minimum absolute atomic E-state index is 0.0634. The van der Waals surface area contributed by atoms with Gasteiger partial charge < -0.3 is 14.2 Å². The molecule has 6 heteroatoms. The Morgan fingerprint density at radius 3 is 0.919 bits per heavy atom. The lowest BCUT2D eigenvalue weighted by molar-refractivity contribution is -0.167. The molecule has 62 heavy (non-hydrogen) atoms. The number of hydrogen-bond donors (Lipinski definition) is 0. The van der Waals surface area contributed by atoms with Gasteiger partial charge >= 0.3 is 17.9 Å². The van der Waals surface area contributed by atoms with Crippen molar-refractivity contribution in [3.8, 4) is 0 Å². The monoisotopic (exact) mass is 877 g/mol. The number of esters is 3. The van der Waals surface area contributed by atoms with Crippen molar-refractivity contribution in [2.24, 2.45) is 11.8 Å². The zero-order valence-corrected chi connectivity index (χ0v) is 42.5. The summed E-state index contributed by atoms with van der Waals surface area (Å²) in [5.74, 6) is 0.848. The zero-order valence-electron chi connectivity index (χ0n) is 42.5. The minimum Gasteiger partial charge on any atom is -0.462 e. The Balaban J connectivity index is 4.28. The summed E-state index contributed by atoms with van der Waals surface area (Å²) in [6.45, 7) is 11.4. The van der Waals surface area contributed by atoms with Crippen molar-refractivity contribution in [1.29, 1.82) is 0 Å². The van der Waals surface area contributed by atoms with Crippen LogP contribution in [-0.4, -0.2) is 37.2 Å². The van der Waals surface area contributed by atoms with Crippen LogP contribution in [0, 0.1) is 11.8 Å². The van der Waals surface area contributed by atoms with Gasteiger partial charge in [-0.2, -0.15) is 0 Å².